The van der Waals surface area contributed by atoms with Crippen LogP contribution < -0.4 is 5.73 Å². The normalized spacial score (nSPS) is 19.3. The van der Waals surface area contributed by atoms with E-state index >= 15 is 0 Å². The lowest BCUT2D eigenvalue weighted by atomic mass is 9.86. The quantitative estimate of drug-likeness (QED) is 0.234. The van der Waals surface area contributed by atoms with Crippen LogP contribution in [0.2, 0.25) is 0 Å². The van der Waals surface area contributed by atoms with Crippen LogP contribution in [0.1, 0.15) is 75.8 Å². The Labute approximate surface area is 242 Å². The second-order valence-electron chi connectivity index (χ2n) is 11.0. The average molecular weight is 597 g/mol. The molecule has 0 spiro atoms. The molecule has 7 nitrogen and oxygen atoms in total. The fourth-order valence-electron chi connectivity index (χ4n) is 6.21. The third-order valence-corrected chi connectivity index (χ3v) is 8.13. The van der Waals surface area contributed by atoms with Crippen LogP contribution in [0.3, 0.4) is 0 Å². The maximum absolute atomic E-state index is 14.2. The number of amides is 1. The molecule has 4 aromatic rings. The number of nitrogens with zero attached hydrogens (tertiary/aromatic N) is 3. The number of alkyl halides is 2. The number of carbonyl (C=O) groups excluding carboxylic acids is 2. The van der Waals surface area contributed by atoms with E-state index in [1.807, 2.05) is 0 Å². The molecule has 2 aromatic heterocycles. The third kappa shape index (κ3) is 5.42. The third-order valence-electron chi connectivity index (χ3n) is 8.13. The van der Waals surface area contributed by atoms with E-state index in [1.165, 1.54) is 18.3 Å². The molecule has 3 unspecified atom stereocenters. The fourth-order valence-corrected chi connectivity index (χ4v) is 6.21. The number of Topliss-reactive ketones (excluding diaryl/α,β-unsaturated/α-hetero) is 1. The molecule has 2 aromatic carbocycles. The van der Waals surface area contributed by atoms with E-state index < -0.39 is 54.1 Å². The molecular weight excluding hydrogens is 571 g/mol. The van der Waals surface area contributed by atoms with Crippen molar-refractivity contribution in [1.82, 2.24) is 14.8 Å². The van der Waals surface area contributed by atoms with Crippen LogP contribution in [0.5, 0.6) is 0 Å². The Morgan fingerprint density at radius 2 is 1.81 bits per heavy atom. The van der Waals surface area contributed by atoms with Gasteiger partial charge < -0.3 is 10.8 Å². The molecule has 2 heterocycles. The van der Waals surface area contributed by atoms with Crippen LogP contribution in [0.15, 0.2) is 54.7 Å². The fraction of sp³-hybridized carbons (Fsp3) is 0.290. The monoisotopic (exact) mass is 596 g/mol. The van der Waals surface area contributed by atoms with Gasteiger partial charge >= 0.3 is 0 Å². The zero-order chi connectivity index (χ0) is 30.6. The molecule has 0 radical (unpaired) electrons. The average Bonchev–Trinajstić information content (AvgIpc) is 3.57. The SMILES string of the molecule is NC(=O)c1cc(-c2cccnc2[C@@H](CC(=O)Cn2nc3c(c2C(F)F)C2CC2C3O)Cc2cc(F)cc(F)c2)ccc1F. The predicted molar refractivity (Wildman–Crippen MR) is 144 cm³/mol. The van der Waals surface area contributed by atoms with E-state index in [0.717, 1.165) is 22.9 Å². The highest BCUT2D eigenvalue weighted by Gasteiger charge is 2.56. The number of pyridine rings is 1. The first-order valence-electron chi connectivity index (χ1n) is 13.6. The van der Waals surface area contributed by atoms with Gasteiger partial charge in [-0.2, -0.15) is 5.10 Å². The molecular formula is C31H25F5N4O3. The summed E-state index contributed by atoms with van der Waals surface area (Å²) in [6, 6.07) is 9.87. The number of benzene rings is 2. The Bertz CT molecular complexity index is 1740. The molecule has 1 saturated carbocycles. The summed E-state index contributed by atoms with van der Waals surface area (Å²) in [5, 5.41) is 14.6. The largest absolute Gasteiger partial charge is 0.386 e. The standard InChI is InChI=1S/C31H25F5N4O3/c32-17-7-14(8-18(33)11-17)6-16(26-20(2-1-5-38-26)15-3-4-24(34)23(10-15)31(37)43)9-19(41)13-40-28(30(35)36)25-21-12-22(21)29(42)27(25)39-40/h1-5,7-8,10-11,16,21-22,29-30,42H,6,9,12-13H2,(H2,37,43)/t16-,21?,22?,29?/m1/s1. The molecule has 6 rings (SSSR count). The molecule has 0 aliphatic heterocycles. The van der Waals surface area contributed by atoms with Crippen LogP contribution >= 0.6 is 0 Å². The number of halogens is 5. The summed E-state index contributed by atoms with van der Waals surface area (Å²) in [7, 11) is 0. The van der Waals surface area contributed by atoms with Gasteiger partial charge in [-0.05, 0) is 66.1 Å². The van der Waals surface area contributed by atoms with Gasteiger partial charge in [-0.3, -0.25) is 19.3 Å². The second-order valence-corrected chi connectivity index (χ2v) is 11.0. The number of aliphatic hydroxyl groups is 1. The van der Waals surface area contributed by atoms with Gasteiger partial charge in [0.1, 0.15) is 35.8 Å². The van der Waals surface area contributed by atoms with Gasteiger partial charge in [-0.1, -0.05) is 12.1 Å². The molecule has 4 atom stereocenters. The van der Waals surface area contributed by atoms with Crippen LogP contribution in [-0.2, 0) is 17.8 Å². The molecule has 1 fully saturated rings. The van der Waals surface area contributed by atoms with Gasteiger partial charge in [-0.15, -0.1) is 0 Å². The van der Waals surface area contributed by atoms with E-state index in [1.54, 1.807) is 12.1 Å². The smallest absolute Gasteiger partial charge is 0.280 e. The molecule has 0 bridgehead atoms. The summed E-state index contributed by atoms with van der Waals surface area (Å²) in [5.41, 5.74) is 6.34. The van der Waals surface area contributed by atoms with E-state index in [9.17, 15) is 36.6 Å². The number of nitrogens with two attached hydrogens (primary N) is 1. The molecule has 3 N–H and O–H groups in total. The summed E-state index contributed by atoms with van der Waals surface area (Å²) in [4.78, 5) is 29.7. The summed E-state index contributed by atoms with van der Waals surface area (Å²) >= 11 is 0. The van der Waals surface area contributed by atoms with Gasteiger partial charge in [0.25, 0.3) is 12.3 Å². The lowest BCUT2D eigenvalue weighted by molar-refractivity contribution is -0.120. The molecule has 1 amide bonds. The van der Waals surface area contributed by atoms with Gasteiger partial charge in [0.15, 0.2) is 5.78 Å². The minimum Gasteiger partial charge on any atom is -0.386 e. The van der Waals surface area contributed by atoms with Crippen molar-refractivity contribution in [2.75, 3.05) is 0 Å². The van der Waals surface area contributed by atoms with Gasteiger partial charge in [0.05, 0.1) is 17.0 Å². The van der Waals surface area contributed by atoms with Crippen LogP contribution in [0, 0.1) is 23.4 Å². The Morgan fingerprint density at radius 3 is 2.51 bits per heavy atom. The van der Waals surface area contributed by atoms with Gasteiger partial charge in [-0.25, -0.2) is 22.0 Å². The minimum atomic E-state index is -2.91. The Morgan fingerprint density at radius 1 is 1.07 bits per heavy atom. The van der Waals surface area contributed by atoms with Crippen molar-refractivity contribution >= 4 is 11.7 Å². The number of primary amides is 1. The maximum Gasteiger partial charge on any atom is 0.280 e. The number of hydrogen-bond acceptors (Lipinski definition) is 5. The van der Waals surface area contributed by atoms with Crippen LogP contribution in [0.4, 0.5) is 22.0 Å². The summed E-state index contributed by atoms with van der Waals surface area (Å²) in [5.74, 6) is -5.12. The molecule has 2 aliphatic rings. The number of ketones is 1. The van der Waals surface area contributed by atoms with E-state index in [2.05, 4.69) is 10.1 Å². The summed E-state index contributed by atoms with van der Waals surface area (Å²) < 4.78 is 71.6. The molecule has 12 heteroatoms. The molecule has 2 aliphatic carbocycles. The first-order chi connectivity index (χ1) is 20.5. The van der Waals surface area contributed by atoms with Crippen molar-refractivity contribution in [3.8, 4) is 11.1 Å². The highest BCUT2D eigenvalue weighted by molar-refractivity contribution is 5.94. The highest BCUT2D eigenvalue weighted by Crippen LogP contribution is 2.63. The molecule has 222 valence electrons. The zero-order valence-electron chi connectivity index (χ0n) is 22.5. The lowest BCUT2D eigenvalue weighted by Gasteiger charge is -2.20. The van der Waals surface area contributed by atoms with Gasteiger partial charge in [0, 0.05) is 35.7 Å². The van der Waals surface area contributed by atoms with E-state index in [-0.39, 0.29) is 47.2 Å². The Hall–Kier alpha value is -4.45. The predicted octanol–water partition coefficient (Wildman–Crippen LogP) is 5.54. The number of hydrogen-bond donors (Lipinski definition) is 2. The number of aromatic nitrogens is 3. The van der Waals surface area contributed by atoms with Crippen molar-refractivity contribution in [2.45, 2.75) is 50.2 Å². The minimum absolute atomic E-state index is 0.0614. The van der Waals surface area contributed by atoms with Crippen LogP contribution in [0.25, 0.3) is 11.1 Å². The number of aliphatic hydroxyl groups excluding tert-OH is 1. The van der Waals surface area contributed by atoms with Crippen molar-refractivity contribution in [1.29, 1.82) is 0 Å². The first kappa shape index (κ1) is 28.7. The van der Waals surface area contributed by atoms with E-state index in [0.29, 0.717) is 34.9 Å². The molecule has 0 saturated heterocycles. The Balaban J connectivity index is 1.36. The van der Waals surface area contributed by atoms with Crippen molar-refractivity contribution in [3.63, 3.8) is 0 Å². The van der Waals surface area contributed by atoms with Crippen LogP contribution in [-0.4, -0.2) is 31.6 Å². The van der Waals surface area contributed by atoms with Crippen molar-refractivity contribution in [3.05, 3.63) is 106 Å². The maximum atomic E-state index is 14.2. The lowest BCUT2D eigenvalue weighted by Crippen LogP contribution is -2.19. The molecule has 43 heavy (non-hydrogen) atoms. The van der Waals surface area contributed by atoms with Crippen molar-refractivity contribution in [2.24, 2.45) is 11.7 Å². The number of fused-ring (bicyclic) bond motifs is 3. The summed E-state index contributed by atoms with van der Waals surface area (Å²) in [6.45, 7) is -0.519. The highest BCUT2D eigenvalue weighted by atomic mass is 19.3. The van der Waals surface area contributed by atoms with E-state index in [4.69, 9.17) is 5.73 Å². The number of rotatable bonds is 10. The zero-order valence-corrected chi connectivity index (χ0v) is 22.5. The first-order valence-corrected chi connectivity index (χ1v) is 13.6. The number of carbonyl (C=O) groups is 2. The van der Waals surface area contributed by atoms with Crippen molar-refractivity contribution < 1.29 is 36.6 Å². The second kappa shape index (κ2) is 11.0. The Kier molecular flexibility index (Phi) is 7.33. The topological polar surface area (TPSA) is 111 Å². The summed E-state index contributed by atoms with van der Waals surface area (Å²) in [6.07, 6.45) is -2.18. The van der Waals surface area contributed by atoms with Gasteiger partial charge in [0.2, 0.25) is 0 Å².